The van der Waals surface area contributed by atoms with Crippen molar-refractivity contribution in [3.8, 4) is 16.9 Å². The highest BCUT2D eigenvalue weighted by molar-refractivity contribution is 5.72. The van der Waals surface area contributed by atoms with Crippen molar-refractivity contribution in [3.63, 3.8) is 0 Å². The Morgan fingerprint density at radius 1 is 0.974 bits per heavy atom. The number of hydrogen-bond donors (Lipinski definition) is 1. The molecule has 2 heterocycles. The fourth-order valence-corrected chi connectivity index (χ4v) is 3.94. The Hall–Kier alpha value is -4.18. The third kappa shape index (κ3) is 8.15. The van der Waals surface area contributed by atoms with Crippen molar-refractivity contribution < 1.29 is 19.1 Å². The first kappa shape index (κ1) is 27.8. The quantitative estimate of drug-likeness (QED) is 0.474. The summed E-state index contributed by atoms with van der Waals surface area (Å²) in [4.78, 5) is 39.0. The van der Waals surface area contributed by atoms with Crippen LogP contribution in [0.25, 0.3) is 11.1 Å². The number of ether oxygens (including phenoxy) is 2. The first-order chi connectivity index (χ1) is 18.6. The molecular weight excluding hydrogens is 496 g/mol. The van der Waals surface area contributed by atoms with Gasteiger partial charge < -0.3 is 29.5 Å². The van der Waals surface area contributed by atoms with Crippen molar-refractivity contribution in [1.29, 1.82) is 0 Å². The number of carbonyl (C=O) groups excluding carboxylic acids is 2. The van der Waals surface area contributed by atoms with Crippen molar-refractivity contribution in [3.05, 3.63) is 66.5 Å². The Balaban J connectivity index is 1.32. The average Bonchev–Trinajstić information content (AvgIpc) is 2.89. The molecule has 10 heteroatoms. The number of nitrogens with one attached hydrogen (secondary N) is 1. The van der Waals surface area contributed by atoms with Gasteiger partial charge in [0.2, 0.25) is 5.95 Å². The maximum atomic E-state index is 12.5. The molecule has 0 unspecified atom stereocenters. The zero-order chi connectivity index (χ0) is 28.0. The Morgan fingerprint density at radius 3 is 2.28 bits per heavy atom. The smallest absolute Gasteiger partial charge is 0.415 e. The third-order valence-corrected chi connectivity index (χ3v) is 6.12. The molecule has 0 saturated carbocycles. The SMILES string of the molecule is CN1CCN(C(=O)Oc2cccc(Nc3ncc(-c4ccc(CN(C)C(=O)OC(C)(C)C)cc4)cn3)c2)CC1. The minimum atomic E-state index is -0.531. The van der Waals surface area contributed by atoms with E-state index in [1.54, 1.807) is 41.4 Å². The van der Waals surface area contributed by atoms with E-state index in [-0.39, 0.29) is 12.2 Å². The fraction of sp³-hybridized carbons (Fsp3) is 0.379. The standard InChI is InChI=1S/C29H36N6O4/c1-29(2,3)39-27(36)34(5)20-21-9-11-22(12-10-21)23-18-30-26(31-19-23)32-24-7-6-8-25(17-24)38-28(37)35-15-13-33(4)14-16-35/h6-12,17-19H,13-16,20H2,1-5H3,(H,30,31,32). The summed E-state index contributed by atoms with van der Waals surface area (Å²) < 4.78 is 11.0. The molecule has 0 aliphatic carbocycles. The highest BCUT2D eigenvalue weighted by Gasteiger charge is 2.21. The minimum absolute atomic E-state index is 0.344. The van der Waals surface area contributed by atoms with Gasteiger partial charge in [0.05, 0.1) is 0 Å². The number of anilines is 2. The number of likely N-dealkylation sites (N-methyl/N-ethyl adjacent to an activating group) is 1. The van der Waals surface area contributed by atoms with E-state index in [9.17, 15) is 9.59 Å². The molecule has 206 valence electrons. The van der Waals surface area contributed by atoms with Crippen molar-refractivity contribution in [2.45, 2.75) is 32.9 Å². The van der Waals surface area contributed by atoms with Crippen LogP contribution >= 0.6 is 0 Å². The van der Waals surface area contributed by atoms with Crippen LogP contribution in [0.3, 0.4) is 0 Å². The molecule has 0 radical (unpaired) electrons. The van der Waals surface area contributed by atoms with Crippen LogP contribution < -0.4 is 10.1 Å². The van der Waals surface area contributed by atoms with E-state index >= 15 is 0 Å². The largest absolute Gasteiger partial charge is 0.444 e. The molecule has 1 saturated heterocycles. The van der Waals surface area contributed by atoms with Gasteiger partial charge in [0.1, 0.15) is 11.4 Å². The second-order valence-electron chi connectivity index (χ2n) is 10.6. The van der Waals surface area contributed by atoms with E-state index in [0.29, 0.717) is 37.0 Å². The number of nitrogens with zero attached hydrogens (tertiary/aromatic N) is 5. The summed E-state index contributed by atoms with van der Waals surface area (Å²) in [5, 5.41) is 3.16. The normalized spacial score (nSPS) is 14.0. The van der Waals surface area contributed by atoms with Gasteiger partial charge in [0.25, 0.3) is 0 Å². The number of piperazine rings is 1. The number of hydrogen-bond acceptors (Lipinski definition) is 8. The van der Waals surface area contributed by atoms with Crippen LogP contribution in [-0.2, 0) is 11.3 Å². The summed E-state index contributed by atoms with van der Waals surface area (Å²) in [7, 11) is 3.76. The predicted molar refractivity (Wildman–Crippen MR) is 150 cm³/mol. The minimum Gasteiger partial charge on any atom is -0.444 e. The van der Waals surface area contributed by atoms with Crippen LogP contribution in [0.5, 0.6) is 5.75 Å². The molecule has 10 nitrogen and oxygen atoms in total. The Bertz CT molecular complexity index is 1270. The third-order valence-electron chi connectivity index (χ3n) is 6.12. The lowest BCUT2D eigenvalue weighted by atomic mass is 10.1. The number of benzene rings is 2. The lowest BCUT2D eigenvalue weighted by molar-refractivity contribution is 0.0285. The maximum Gasteiger partial charge on any atom is 0.415 e. The molecule has 1 aliphatic rings. The van der Waals surface area contributed by atoms with Gasteiger partial charge in [-0.25, -0.2) is 19.6 Å². The van der Waals surface area contributed by atoms with Crippen LogP contribution in [-0.4, -0.2) is 82.7 Å². The summed E-state index contributed by atoms with van der Waals surface area (Å²) >= 11 is 0. The Labute approximate surface area is 229 Å². The second kappa shape index (κ2) is 12.1. The molecule has 1 aromatic heterocycles. The van der Waals surface area contributed by atoms with Gasteiger partial charge in [-0.2, -0.15) is 0 Å². The first-order valence-corrected chi connectivity index (χ1v) is 12.9. The highest BCUT2D eigenvalue weighted by Crippen LogP contribution is 2.23. The van der Waals surface area contributed by atoms with Crippen molar-refractivity contribution in [2.75, 3.05) is 45.6 Å². The summed E-state index contributed by atoms with van der Waals surface area (Å²) in [6.45, 7) is 8.96. The van der Waals surface area contributed by atoms with Crippen molar-refractivity contribution >= 4 is 23.8 Å². The van der Waals surface area contributed by atoms with Gasteiger partial charge in [-0.3, -0.25) is 0 Å². The topological polar surface area (TPSA) is 100 Å². The molecule has 1 fully saturated rings. The molecule has 0 spiro atoms. The highest BCUT2D eigenvalue weighted by atomic mass is 16.6. The predicted octanol–water partition coefficient (Wildman–Crippen LogP) is 5.00. The van der Waals surface area contributed by atoms with Gasteiger partial charge >= 0.3 is 12.2 Å². The van der Waals surface area contributed by atoms with Gasteiger partial charge in [0, 0.05) is 69.5 Å². The number of carbonyl (C=O) groups is 2. The van der Waals surface area contributed by atoms with Gasteiger partial charge in [-0.1, -0.05) is 30.3 Å². The fourth-order valence-electron chi connectivity index (χ4n) is 3.94. The maximum absolute atomic E-state index is 12.5. The summed E-state index contributed by atoms with van der Waals surface area (Å²) in [5.41, 5.74) is 2.99. The molecule has 2 aromatic carbocycles. The van der Waals surface area contributed by atoms with Crippen LogP contribution in [0.2, 0.25) is 0 Å². The van der Waals surface area contributed by atoms with Crippen LogP contribution in [0.1, 0.15) is 26.3 Å². The van der Waals surface area contributed by atoms with Gasteiger partial charge in [-0.15, -0.1) is 0 Å². The van der Waals surface area contributed by atoms with Gasteiger partial charge in [0.15, 0.2) is 0 Å². The van der Waals surface area contributed by atoms with Crippen molar-refractivity contribution in [2.24, 2.45) is 0 Å². The summed E-state index contributed by atoms with van der Waals surface area (Å²) in [5.74, 6) is 0.884. The zero-order valence-corrected chi connectivity index (χ0v) is 23.2. The first-order valence-electron chi connectivity index (χ1n) is 12.9. The number of aromatic nitrogens is 2. The van der Waals surface area contributed by atoms with Gasteiger partial charge in [-0.05, 0) is 51.1 Å². The second-order valence-corrected chi connectivity index (χ2v) is 10.6. The van der Waals surface area contributed by atoms with Crippen LogP contribution in [0, 0.1) is 0 Å². The molecular formula is C29H36N6O4. The Morgan fingerprint density at radius 2 is 1.64 bits per heavy atom. The molecule has 0 bridgehead atoms. The molecule has 0 atom stereocenters. The van der Waals surface area contributed by atoms with E-state index < -0.39 is 5.60 Å². The average molecular weight is 533 g/mol. The Kier molecular flexibility index (Phi) is 8.65. The van der Waals surface area contributed by atoms with E-state index in [4.69, 9.17) is 9.47 Å². The van der Waals surface area contributed by atoms with Crippen molar-refractivity contribution in [1.82, 2.24) is 24.7 Å². The van der Waals surface area contributed by atoms with E-state index in [1.165, 1.54) is 0 Å². The van der Waals surface area contributed by atoms with E-state index in [0.717, 1.165) is 29.8 Å². The molecule has 1 aliphatic heterocycles. The molecule has 1 N–H and O–H groups in total. The van der Waals surface area contributed by atoms with E-state index in [1.807, 2.05) is 64.2 Å². The lowest BCUT2D eigenvalue weighted by Crippen LogP contribution is -2.48. The number of rotatable bonds is 6. The molecule has 3 aromatic rings. The van der Waals surface area contributed by atoms with Crippen LogP contribution in [0.15, 0.2) is 60.9 Å². The molecule has 39 heavy (non-hydrogen) atoms. The summed E-state index contributed by atoms with van der Waals surface area (Å²) in [6, 6.07) is 15.1. The molecule has 2 amide bonds. The van der Waals surface area contributed by atoms with E-state index in [2.05, 4.69) is 20.2 Å². The van der Waals surface area contributed by atoms with Crippen LogP contribution in [0.4, 0.5) is 21.2 Å². The number of amides is 2. The molecule has 4 rings (SSSR count). The summed E-state index contributed by atoms with van der Waals surface area (Å²) in [6.07, 6.45) is 2.79. The zero-order valence-electron chi connectivity index (χ0n) is 23.2. The monoisotopic (exact) mass is 532 g/mol. The lowest BCUT2D eigenvalue weighted by Gasteiger charge is -2.31.